The number of hydrogen-bond acceptors (Lipinski definition) is 2. The van der Waals surface area contributed by atoms with Gasteiger partial charge in [-0.15, -0.1) is 0 Å². The van der Waals surface area contributed by atoms with Crippen molar-refractivity contribution in [2.24, 2.45) is 0 Å². The molecule has 0 N–H and O–H groups in total. The predicted octanol–water partition coefficient (Wildman–Crippen LogP) is 4.03. The molecular weight excluding hydrogens is 316 g/mol. The van der Waals surface area contributed by atoms with Crippen LogP contribution in [-0.4, -0.2) is 16.0 Å². The number of nitrogens with zero attached hydrogens (tertiary/aromatic N) is 2. The van der Waals surface area contributed by atoms with Gasteiger partial charge in [-0.1, -0.05) is 18.2 Å². The van der Waals surface area contributed by atoms with Gasteiger partial charge in [-0.25, -0.2) is 4.98 Å². The monoisotopic (exact) mass is 330 g/mol. The molecule has 0 atom stereocenters. The highest BCUT2D eigenvalue weighted by atomic mass is 79.9. The van der Waals surface area contributed by atoms with Crippen molar-refractivity contribution >= 4 is 21.4 Å². The van der Waals surface area contributed by atoms with Crippen LogP contribution in [0.2, 0.25) is 0 Å². The lowest BCUT2D eigenvalue weighted by molar-refractivity contribution is 0.318. The van der Waals surface area contributed by atoms with Gasteiger partial charge in [0.15, 0.2) is 0 Å². The number of halogens is 1. The summed E-state index contributed by atoms with van der Waals surface area (Å²) in [4.78, 5) is 4.56. The highest BCUT2D eigenvalue weighted by molar-refractivity contribution is 9.10. The van der Waals surface area contributed by atoms with Gasteiger partial charge in [0.25, 0.3) is 0 Å². The summed E-state index contributed by atoms with van der Waals surface area (Å²) in [6, 6.07) is 14.1. The lowest BCUT2D eigenvalue weighted by atomic mass is 10.3. The summed E-state index contributed by atoms with van der Waals surface area (Å²) in [6.45, 7) is 2.70. The lowest BCUT2D eigenvalue weighted by Gasteiger charge is -2.05. The quantitative estimate of drug-likeness (QED) is 0.722. The maximum Gasteiger partial charge on any atom is 0.132 e. The van der Waals surface area contributed by atoms with Gasteiger partial charge in [-0.05, 0) is 52.7 Å². The number of pyridine rings is 1. The number of aryl methyl sites for hydroxylation is 1. The van der Waals surface area contributed by atoms with E-state index in [2.05, 4.69) is 50.6 Å². The normalized spacial score (nSPS) is 10.9. The lowest BCUT2D eigenvalue weighted by Crippen LogP contribution is -2.04. The molecule has 0 aliphatic heterocycles. The van der Waals surface area contributed by atoms with Crippen LogP contribution in [0.1, 0.15) is 11.4 Å². The summed E-state index contributed by atoms with van der Waals surface area (Å²) in [5, 5.41) is 0. The van der Waals surface area contributed by atoms with E-state index in [1.165, 1.54) is 5.56 Å². The van der Waals surface area contributed by atoms with E-state index in [9.17, 15) is 0 Å². The third-order valence-electron chi connectivity index (χ3n) is 3.16. The number of benzene rings is 1. The van der Waals surface area contributed by atoms with Crippen molar-refractivity contribution in [3.8, 4) is 5.75 Å². The van der Waals surface area contributed by atoms with Crippen LogP contribution < -0.4 is 4.74 Å². The second kappa shape index (κ2) is 5.67. The third kappa shape index (κ3) is 2.70. The summed E-state index contributed by atoms with van der Waals surface area (Å²) < 4.78 is 8.71. The molecule has 2 heterocycles. The molecule has 3 rings (SSSR count). The number of aromatic nitrogens is 2. The fourth-order valence-corrected chi connectivity index (χ4v) is 2.68. The maximum atomic E-state index is 5.72. The molecular formula is C16H15BrN2O. The Bertz CT molecular complexity index is 722. The van der Waals surface area contributed by atoms with E-state index < -0.39 is 0 Å². The zero-order valence-electron chi connectivity index (χ0n) is 11.2. The van der Waals surface area contributed by atoms with Gasteiger partial charge in [0.05, 0.1) is 12.1 Å². The first kappa shape index (κ1) is 13.2. The molecule has 0 fully saturated rings. The number of imidazole rings is 1. The second-order valence-electron chi connectivity index (χ2n) is 4.69. The Morgan fingerprint density at radius 3 is 2.80 bits per heavy atom. The largest absolute Gasteiger partial charge is 0.493 e. The Labute approximate surface area is 126 Å². The van der Waals surface area contributed by atoms with Gasteiger partial charge < -0.3 is 9.14 Å². The summed E-state index contributed by atoms with van der Waals surface area (Å²) in [7, 11) is 0. The molecule has 0 saturated carbocycles. The molecule has 1 aromatic carbocycles. The van der Waals surface area contributed by atoms with Gasteiger partial charge in [0.1, 0.15) is 16.2 Å². The summed E-state index contributed by atoms with van der Waals surface area (Å²) in [5.74, 6) is 1.89. The van der Waals surface area contributed by atoms with Crippen molar-refractivity contribution in [3.05, 3.63) is 64.7 Å². The SMILES string of the molecule is Cc1ccn2c(CCOc3ccccc3)nc(Br)c2c1. The average Bonchev–Trinajstić information content (AvgIpc) is 2.76. The molecule has 2 aromatic heterocycles. The van der Waals surface area contributed by atoms with Crippen molar-refractivity contribution in [3.63, 3.8) is 0 Å². The van der Waals surface area contributed by atoms with Crippen LogP contribution >= 0.6 is 15.9 Å². The molecule has 0 aliphatic carbocycles. The third-order valence-corrected chi connectivity index (χ3v) is 3.75. The molecule has 102 valence electrons. The highest BCUT2D eigenvalue weighted by Crippen LogP contribution is 2.20. The highest BCUT2D eigenvalue weighted by Gasteiger charge is 2.09. The number of fused-ring (bicyclic) bond motifs is 1. The smallest absolute Gasteiger partial charge is 0.132 e. The predicted molar refractivity (Wildman–Crippen MR) is 83.3 cm³/mol. The minimum Gasteiger partial charge on any atom is -0.493 e. The van der Waals surface area contributed by atoms with E-state index in [1.54, 1.807) is 0 Å². The van der Waals surface area contributed by atoms with Gasteiger partial charge in [0, 0.05) is 12.6 Å². The maximum absolute atomic E-state index is 5.72. The summed E-state index contributed by atoms with van der Waals surface area (Å²) in [6.07, 6.45) is 2.82. The molecule has 0 saturated heterocycles. The molecule has 3 aromatic rings. The van der Waals surface area contributed by atoms with Crippen LogP contribution in [0.15, 0.2) is 53.3 Å². The van der Waals surface area contributed by atoms with Crippen LogP contribution in [0.5, 0.6) is 5.75 Å². The van der Waals surface area contributed by atoms with E-state index in [0.717, 1.165) is 28.1 Å². The molecule has 0 unspecified atom stereocenters. The molecule has 20 heavy (non-hydrogen) atoms. The number of rotatable bonds is 4. The molecule has 0 amide bonds. The molecule has 0 bridgehead atoms. The molecule has 3 nitrogen and oxygen atoms in total. The fraction of sp³-hybridized carbons (Fsp3) is 0.188. The van der Waals surface area contributed by atoms with Gasteiger partial charge >= 0.3 is 0 Å². The Morgan fingerprint density at radius 2 is 2.00 bits per heavy atom. The summed E-state index contributed by atoms with van der Waals surface area (Å²) in [5.41, 5.74) is 2.32. The number of hydrogen-bond donors (Lipinski definition) is 0. The molecule has 0 radical (unpaired) electrons. The van der Waals surface area contributed by atoms with Crippen molar-refractivity contribution in [1.29, 1.82) is 0 Å². The Kier molecular flexibility index (Phi) is 3.74. The molecule has 0 aliphatic rings. The average molecular weight is 331 g/mol. The van der Waals surface area contributed by atoms with Crippen LogP contribution in [0.3, 0.4) is 0 Å². The van der Waals surface area contributed by atoms with Crippen LogP contribution in [0.25, 0.3) is 5.52 Å². The Hall–Kier alpha value is -1.81. The van der Waals surface area contributed by atoms with E-state index in [1.807, 2.05) is 30.3 Å². The minimum atomic E-state index is 0.615. The van der Waals surface area contributed by atoms with Crippen molar-refractivity contribution < 1.29 is 4.74 Å². The first-order valence-electron chi connectivity index (χ1n) is 6.55. The van der Waals surface area contributed by atoms with E-state index >= 15 is 0 Å². The fourth-order valence-electron chi connectivity index (χ4n) is 2.17. The van der Waals surface area contributed by atoms with Gasteiger partial charge in [0.2, 0.25) is 0 Å². The standard InChI is InChI=1S/C16H15BrN2O/c1-12-7-9-19-14(11-12)16(17)18-15(19)8-10-20-13-5-3-2-4-6-13/h2-7,9,11H,8,10H2,1H3. The van der Waals surface area contributed by atoms with E-state index in [4.69, 9.17) is 4.74 Å². The zero-order chi connectivity index (χ0) is 13.9. The van der Waals surface area contributed by atoms with Crippen molar-refractivity contribution in [2.45, 2.75) is 13.3 Å². The molecule has 4 heteroatoms. The number of para-hydroxylation sites is 1. The minimum absolute atomic E-state index is 0.615. The van der Waals surface area contributed by atoms with Gasteiger partial charge in [-0.3, -0.25) is 0 Å². The van der Waals surface area contributed by atoms with Crippen molar-refractivity contribution in [2.75, 3.05) is 6.61 Å². The second-order valence-corrected chi connectivity index (χ2v) is 5.44. The van der Waals surface area contributed by atoms with Gasteiger partial charge in [-0.2, -0.15) is 0 Å². The van der Waals surface area contributed by atoms with E-state index in [-0.39, 0.29) is 0 Å². The van der Waals surface area contributed by atoms with Crippen LogP contribution in [0, 0.1) is 6.92 Å². The first-order valence-corrected chi connectivity index (χ1v) is 7.34. The number of ether oxygens (including phenoxy) is 1. The Morgan fingerprint density at radius 1 is 1.20 bits per heavy atom. The summed E-state index contributed by atoms with van der Waals surface area (Å²) >= 11 is 3.52. The van der Waals surface area contributed by atoms with Crippen LogP contribution in [0.4, 0.5) is 0 Å². The zero-order valence-corrected chi connectivity index (χ0v) is 12.8. The van der Waals surface area contributed by atoms with Crippen molar-refractivity contribution in [1.82, 2.24) is 9.38 Å². The van der Waals surface area contributed by atoms with E-state index in [0.29, 0.717) is 6.61 Å². The Balaban J connectivity index is 1.75. The topological polar surface area (TPSA) is 26.5 Å². The molecule has 0 spiro atoms. The first-order chi connectivity index (χ1) is 9.74. The van der Waals surface area contributed by atoms with Crippen LogP contribution in [-0.2, 0) is 6.42 Å².